The van der Waals surface area contributed by atoms with Gasteiger partial charge in [-0.05, 0) is 61.0 Å². The smallest absolute Gasteiger partial charge is 0.259 e. The molecule has 0 fully saturated rings. The van der Waals surface area contributed by atoms with Crippen molar-refractivity contribution in [3.8, 4) is 17.2 Å². The van der Waals surface area contributed by atoms with Gasteiger partial charge in [-0.2, -0.15) is 5.10 Å². The third kappa shape index (κ3) is 6.70. The number of nitrogens with zero attached hydrogens (tertiary/aromatic N) is 1. The van der Waals surface area contributed by atoms with Crippen molar-refractivity contribution < 1.29 is 14.3 Å². The fourth-order valence-electron chi connectivity index (χ4n) is 2.52. The molecule has 0 aromatic heterocycles. The van der Waals surface area contributed by atoms with Crippen LogP contribution in [-0.4, -0.2) is 25.3 Å². The van der Waals surface area contributed by atoms with Crippen LogP contribution in [-0.2, 0) is 4.79 Å². The number of nitrogens with one attached hydrogen (secondary N) is 2. The summed E-state index contributed by atoms with van der Waals surface area (Å²) in [6.07, 6.45) is 1.58. The number of anilines is 1. The summed E-state index contributed by atoms with van der Waals surface area (Å²) in [4.78, 5) is 11.9. The molecule has 29 heavy (non-hydrogen) atoms. The minimum absolute atomic E-state index is 0.114. The number of carbonyl (C=O) groups excluding carboxylic acids is 1. The molecule has 3 aromatic rings. The van der Waals surface area contributed by atoms with Gasteiger partial charge >= 0.3 is 0 Å². The normalized spacial score (nSPS) is 10.5. The van der Waals surface area contributed by atoms with Gasteiger partial charge in [-0.1, -0.05) is 30.3 Å². The van der Waals surface area contributed by atoms with E-state index in [1.807, 2.05) is 85.8 Å². The van der Waals surface area contributed by atoms with Crippen LogP contribution >= 0.6 is 0 Å². The number of para-hydroxylation sites is 1. The number of hydrazone groups is 1. The van der Waals surface area contributed by atoms with Crippen molar-refractivity contribution in [3.05, 3.63) is 84.4 Å². The van der Waals surface area contributed by atoms with Crippen molar-refractivity contribution in [3.63, 3.8) is 0 Å². The van der Waals surface area contributed by atoms with Crippen LogP contribution in [0, 0.1) is 0 Å². The molecule has 0 atom stereocenters. The number of amides is 1. The average molecular weight is 389 g/mol. The Hall–Kier alpha value is -3.80. The molecule has 0 aliphatic carbocycles. The van der Waals surface area contributed by atoms with Crippen LogP contribution in [0.25, 0.3) is 0 Å². The van der Waals surface area contributed by atoms with Gasteiger partial charge in [-0.15, -0.1) is 0 Å². The second-order valence-corrected chi connectivity index (χ2v) is 6.09. The standard InChI is InChI=1S/C23H23N3O3/c1-2-28-20-13-11-19(12-14-20)24-17-23(27)26-25-16-18-7-6-10-22(15-18)29-21-8-4-3-5-9-21/h3-16,24H,2,17H2,1H3,(H,26,27)/b25-16+. The monoisotopic (exact) mass is 389 g/mol. The van der Waals surface area contributed by atoms with Gasteiger partial charge in [0.25, 0.3) is 5.91 Å². The highest BCUT2D eigenvalue weighted by molar-refractivity contribution is 5.84. The van der Waals surface area contributed by atoms with Crippen molar-refractivity contribution in [1.29, 1.82) is 0 Å². The summed E-state index contributed by atoms with van der Waals surface area (Å²) in [5, 5.41) is 7.04. The van der Waals surface area contributed by atoms with Crippen molar-refractivity contribution in [2.45, 2.75) is 6.92 Å². The lowest BCUT2D eigenvalue weighted by molar-refractivity contribution is -0.119. The van der Waals surface area contributed by atoms with E-state index in [0.29, 0.717) is 12.4 Å². The molecule has 3 rings (SSSR count). The Balaban J connectivity index is 1.46. The number of hydrogen-bond donors (Lipinski definition) is 2. The molecule has 0 aliphatic heterocycles. The van der Waals surface area contributed by atoms with Gasteiger partial charge in [-0.25, -0.2) is 5.43 Å². The van der Waals surface area contributed by atoms with Gasteiger partial charge in [0.15, 0.2) is 0 Å². The highest BCUT2D eigenvalue weighted by Gasteiger charge is 2.01. The topological polar surface area (TPSA) is 72.0 Å². The summed E-state index contributed by atoms with van der Waals surface area (Å²) < 4.78 is 11.2. The summed E-state index contributed by atoms with van der Waals surface area (Å²) in [5.74, 6) is 2.01. The first-order valence-corrected chi connectivity index (χ1v) is 9.34. The molecular formula is C23H23N3O3. The zero-order valence-corrected chi connectivity index (χ0v) is 16.2. The van der Waals surface area contributed by atoms with Crippen molar-refractivity contribution in [1.82, 2.24) is 5.43 Å². The molecule has 148 valence electrons. The van der Waals surface area contributed by atoms with Crippen LogP contribution in [0.1, 0.15) is 12.5 Å². The summed E-state index contributed by atoms with van der Waals surface area (Å²) in [6.45, 7) is 2.67. The van der Waals surface area contributed by atoms with Gasteiger partial charge in [0.05, 0.1) is 19.4 Å². The third-order valence-electron chi connectivity index (χ3n) is 3.86. The van der Waals surface area contributed by atoms with E-state index in [1.165, 1.54) is 0 Å². The van der Waals surface area contributed by atoms with E-state index >= 15 is 0 Å². The summed E-state index contributed by atoms with van der Waals surface area (Å²) in [7, 11) is 0. The summed E-state index contributed by atoms with van der Waals surface area (Å²) >= 11 is 0. The minimum atomic E-state index is -0.244. The Kier molecular flexibility index (Phi) is 7.23. The molecule has 0 aliphatic rings. The number of carbonyl (C=O) groups is 1. The van der Waals surface area contributed by atoms with Crippen molar-refractivity contribution in [2.75, 3.05) is 18.5 Å². The molecule has 2 N–H and O–H groups in total. The van der Waals surface area contributed by atoms with E-state index in [1.54, 1.807) is 6.21 Å². The second kappa shape index (κ2) is 10.5. The van der Waals surface area contributed by atoms with Gasteiger partial charge < -0.3 is 14.8 Å². The van der Waals surface area contributed by atoms with Gasteiger partial charge in [0.2, 0.25) is 0 Å². The number of rotatable bonds is 9. The Labute approximate surface area is 170 Å². The first-order valence-electron chi connectivity index (χ1n) is 9.34. The molecule has 0 spiro atoms. The minimum Gasteiger partial charge on any atom is -0.494 e. The Morgan fingerprint density at radius 2 is 1.69 bits per heavy atom. The first-order chi connectivity index (χ1) is 14.2. The molecule has 0 heterocycles. The predicted molar refractivity (Wildman–Crippen MR) is 115 cm³/mol. The Morgan fingerprint density at radius 3 is 2.45 bits per heavy atom. The molecule has 0 bridgehead atoms. The first kappa shape index (κ1) is 19.9. The van der Waals surface area contributed by atoms with Crippen LogP contribution < -0.4 is 20.2 Å². The Morgan fingerprint density at radius 1 is 0.931 bits per heavy atom. The maximum atomic E-state index is 11.9. The zero-order chi connectivity index (χ0) is 20.3. The van der Waals surface area contributed by atoms with E-state index in [9.17, 15) is 4.79 Å². The van der Waals surface area contributed by atoms with E-state index in [-0.39, 0.29) is 12.5 Å². The van der Waals surface area contributed by atoms with Crippen molar-refractivity contribution in [2.24, 2.45) is 5.10 Å². The SMILES string of the molecule is CCOc1ccc(NCC(=O)N/N=C/c2cccc(Oc3ccccc3)c2)cc1. The maximum Gasteiger partial charge on any atom is 0.259 e. The average Bonchev–Trinajstić information content (AvgIpc) is 2.74. The highest BCUT2D eigenvalue weighted by Crippen LogP contribution is 2.21. The van der Waals surface area contributed by atoms with E-state index in [2.05, 4.69) is 15.8 Å². The van der Waals surface area contributed by atoms with E-state index < -0.39 is 0 Å². The number of benzene rings is 3. The lowest BCUT2D eigenvalue weighted by Crippen LogP contribution is -2.25. The summed E-state index contributed by atoms with van der Waals surface area (Å²) in [5.41, 5.74) is 4.15. The third-order valence-corrected chi connectivity index (χ3v) is 3.86. The van der Waals surface area contributed by atoms with Crippen LogP contribution in [0.3, 0.4) is 0 Å². The Bertz CT molecular complexity index is 941. The highest BCUT2D eigenvalue weighted by atomic mass is 16.5. The van der Waals surface area contributed by atoms with Gasteiger partial charge in [0, 0.05) is 5.69 Å². The van der Waals surface area contributed by atoms with E-state index in [4.69, 9.17) is 9.47 Å². The fourth-order valence-corrected chi connectivity index (χ4v) is 2.52. The molecule has 0 saturated heterocycles. The van der Waals surface area contributed by atoms with Crippen LogP contribution in [0.2, 0.25) is 0 Å². The zero-order valence-electron chi connectivity index (χ0n) is 16.2. The molecular weight excluding hydrogens is 366 g/mol. The lowest BCUT2D eigenvalue weighted by Gasteiger charge is -2.07. The predicted octanol–water partition coefficient (Wildman–Crippen LogP) is 4.44. The quantitative estimate of drug-likeness (QED) is 0.419. The van der Waals surface area contributed by atoms with Gasteiger partial charge in [-0.3, -0.25) is 4.79 Å². The molecule has 6 heteroatoms. The molecule has 1 amide bonds. The molecule has 0 unspecified atom stereocenters. The van der Waals surface area contributed by atoms with Crippen LogP contribution in [0.5, 0.6) is 17.2 Å². The lowest BCUT2D eigenvalue weighted by atomic mass is 10.2. The second-order valence-electron chi connectivity index (χ2n) is 6.09. The van der Waals surface area contributed by atoms with Gasteiger partial charge in [0.1, 0.15) is 17.2 Å². The molecule has 0 saturated carbocycles. The van der Waals surface area contributed by atoms with E-state index in [0.717, 1.165) is 22.7 Å². The van der Waals surface area contributed by atoms with Crippen LogP contribution in [0.4, 0.5) is 5.69 Å². The maximum absolute atomic E-state index is 11.9. The van der Waals surface area contributed by atoms with Crippen LogP contribution in [0.15, 0.2) is 84.0 Å². The molecule has 6 nitrogen and oxygen atoms in total. The number of ether oxygens (including phenoxy) is 2. The van der Waals surface area contributed by atoms with Crippen molar-refractivity contribution >= 4 is 17.8 Å². The molecule has 0 radical (unpaired) electrons. The summed E-state index contributed by atoms with van der Waals surface area (Å²) in [6, 6.07) is 24.4. The fraction of sp³-hybridized carbons (Fsp3) is 0.130. The number of hydrogen-bond acceptors (Lipinski definition) is 5. The largest absolute Gasteiger partial charge is 0.494 e. The molecule has 3 aromatic carbocycles.